The van der Waals surface area contributed by atoms with Gasteiger partial charge in [-0.1, -0.05) is 54.4 Å². The topological polar surface area (TPSA) is 32.3 Å². The smallest absolute Gasteiger partial charge is 0.0790 e. The van der Waals surface area contributed by atoms with Crippen molar-refractivity contribution in [3.8, 4) is 0 Å². The van der Waals surface area contributed by atoms with Crippen LogP contribution in [0.15, 0.2) is 66.7 Å². The van der Waals surface area contributed by atoms with Crippen molar-refractivity contribution in [2.75, 3.05) is 5.32 Å². The second-order valence-electron chi connectivity index (χ2n) is 7.79. The van der Waals surface area contributed by atoms with Gasteiger partial charge < -0.3 is 10.4 Å². The van der Waals surface area contributed by atoms with Gasteiger partial charge in [-0.25, -0.2) is 0 Å². The van der Waals surface area contributed by atoms with Gasteiger partial charge in [0.2, 0.25) is 0 Å². The predicted molar refractivity (Wildman–Crippen MR) is 119 cm³/mol. The Morgan fingerprint density at radius 2 is 1.39 bits per heavy atom. The van der Waals surface area contributed by atoms with E-state index in [1.165, 1.54) is 22.3 Å². The van der Waals surface area contributed by atoms with E-state index < -0.39 is 0 Å². The van der Waals surface area contributed by atoms with Crippen LogP contribution in [0.1, 0.15) is 53.2 Å². The molecule has 0 aromatic heterocycles. The molecule has 3 aromatic carbocycles. The zero-order chi connectivity index (χ0) is 19.9. The number of aryl methyl sites for hydroxylation is 4. The standard InChI is InChI=1S/C26H31NO/c1-19-8-14-24(15-9-19)27-25-16-11-22(12-17-25)6-4-5-7-26(28)23-13-10-20(2)21(3)18-23/h8-18,26-28H,4-7H2,1-3H3/t26-/m0/s1. The molecule has 0 amide bonds. The summed E-state index contributed by atoms with van der Waals surface area (Å²) in [6.07, 6.45) is 3.62. The van der Waals surface area contributed by atoms with Gasteiger partial charge in [0, 0.05) is 11.4 Å². The molecule has 0 unspecified atom stereocenters. The minimum absolute atomic E-state index is 0.361. The maximum atomic E-state index is 10.4. The molecule has 0 aliphatic heterocycles. The summed E-state index contributed by atoms with van der Waals surface area (Å²) in [4.78, 5) is 0. The van der Waals surface area contributed by atoms with Crippen LogP contribution in [0.25, 0.3) is 0 Å². The second-order valence-corrected chi connectivity index (χ2v) is 7.79. The molecule has 0 aliphatic carbocycles. The number of anilines is 2. The van der Waals surface area contributed by atoms with E-state index in [0.717, 1.165) is 42.6 Å². The summed E-state index contributed by atoms with van der Waals surface area (Å²) in [6, 6.07) is 23.3. The monoisotopic (exact) mass is 373 g/mol. The van der Waals surface area contributed by atoms with E-state index in [2.05, 4.69) is 86.8 Å². The van der Waals surface area contributed by atoms with Crippen molar-refractivity contribution in [1.29, 1.82) is 0 Å². The molecule has 0 bridgehead atoms. The summed E-state index contributed by atoms with van der Waals surface area (Å²) in [6.45, 7) is 6.30. The molecule has 0 saturated heterocycles. The van der Waals surface area contributed by atoms with Gasteiger partial charge in [0.15, 0.2) is 0 Å². The summed E-state index contributed by atoms with van der Waals surface area (Å²) in [5, 5.41) is 13.9. The Morgan fingerprint density at radius 3 is 2.04 bits per heavy atom. The summed E-state index contributed by atoms with van der Waals surface area (Å²) in [7, 11) is 0. The molecule has 1 atom stereocenters. The Hall–Kier alpha value is -2.58. The number of aliphatic hydroxyl groups excluding tert-OH is 1. The van der Waals surface area contributed by atoms with Gasteiger partial charge in [-0.15, -0.1) is 0 Å². The summed E-state index contributed by atoms with van der Waals surface area (Å²) in [5.74, 6) is 0. The highest BCUT2D eigenvalue weighted by molar-refractivity contribution is 5.60. The van der Waals surface area contributed by atoms with Crippen LogP contribution in [0.5, 0.6) is 0 Å². The quantitative estimate of drug-likeness (QED) is 0.425. The highest BCUT2D eigenvalue weighted by Crippen LogP contribution is 2.23. The number of unbranched alkanes of at least 4 members (excludes halogenated alkanes) is 1. The highest BCUT2D eigenvalue weighted by atomic mass is 16.3. The minimum atomic E-state index is -0.361. The molecule has 0 heterocycles. The highest BCUT2D eigenvalue weighted by Gasteiger charge is 2.08. The zero-order valence-electron chi connectivity index (χ0n) is 17.2. The van der Waals surface area contributed by atoms with Crippen LogP contribution < -0.4 is 5.32 Å². The number of nitrogens with one attached hydrogen (secondary N) is 1. The minimum Gasteiger partial charge on any atom is -0.388 e. The van der Waals surface area contributed by atoms with Crippen LogP contribution >= 0.6 is 0 Å². The average Bonchev–Trinajstić information content (AvgIpc) is 2.70. The first-order valence-electron chi connectivity index (χ1n) is 10.2. The number of rotatable bonds is 8. The molecule has 0 aliphatic rings. The lowest BCUT2D eigenvalue weighted by Gasteiger charge is -2.13. The van der Waals surface area contributed by atoms with Crippen molar-refractivity contribution in [3.05, 3.63) is 94.5 Å². The Kier molecular flexibility index (Phi) is 6.89. The van der Waals surface area contributed by atoms with Gasteiger partial charge in [0.05, 0.1) is 6.10 Å². The van der Waals surface area contributed by atoms with Crippen LogP contribution in [0, 0.1) is 20.8 Å². The molecule has 2 N–H and O–H groups in total. The molecule has 2 nitrogen and oxygen atoms in total. The molecule has 0 fully saturated rings. The van der Waals surface area contributed by atoms with E-state index in [1.807, 2.05) is 6.07 Å². The van der Waals surface area contributed by atoms with Crippen molar-refractivity contribution < 1.29 is 5.11 Å². The van der Waals surface area contributed by atoms with E-state index in [4.69, 9.17) is 0 Å². The number of hydrogen-bond acceptors (Lipinski definition) is 2. The molecular weight excluding hydrogens is 342 g/mol. The van der Waals surface area contributed by atoms with Gasteiger partial charge in [-0.2, -0.15) is 0 Å². The third-order valence-electron chi connectivity index (χ3n) is 5.40. The molecule has 0 radical (unpaired) electrons. The largest absolute Gasteiger partial charge is 0.388 e. The maximum absolute atomic E-state index is 10.4. The van der Waals surface area contributed by atoms with Crippen LogP contribution in [0.2, 0.25) is 0 Å². The van der Waals surface area contributed by atoms with Gasteiger partial charge in [-0.05, 0) is 86.6 Å². The van der Waals surface area contributed by atoms with Gasteiger partial charge in [-0.3, -0.25) is 0 Å². The molecule has 0 spiro atoms. The number of benzene rings is 3. The molecule has 3 aromatic rings. The second kappa shape index (κ2) is 9.57. The van der Waals surface area contributed by atoms with Crippen LogP contribution in [-0.2, 0) is 6.42 Å². The number of hydrogen-bond donors (Lipinski definition) is 2. The fourth-order valence-electron chi connectivity index (χ4n) is 3.36. The first kappa shape index (κ1) is 20.2. The van der Waals surface area contributed by atoms with E-state index in [-0.39, 0.29) is 6.10 Å². The van der Waals surface area contributed by atoms with Crippen molar-refractivity contribution in [3.63, 3.8) is 0 Å². The van der Waals surface area contributed by atoms with Crippen molar-refractivity contribution >= 4 is 11.4 Å². The van der Waals surface area contributed by atoms with E-state index in [0.29, 0.717) is 0 Å². The van der Waals surface area contributed by atoms with Crippen LogP contribution in [0.3, 0.4) is 0 Å². The SMILES string of the molecule is Cc1ccc(Nc2ccc(CCCC[C@H](O)c3ccc(C)c(C)c3)cc2)cc1. The summed E-state index contributed by atoms with van der Waals surface area (Å²) >= 11 is 0. The first-order chi connectivity index (χ1) is 13.5. The fourth-order valence-corrected chi connectivity index (χ4v) is 3.36. The number of aliphatic hydroxyl groups is 1. The molecule has 146 valence electrons. The molecule has 3 rings (SSSR count). The third-order valence-corrected chi connectivity index (χ3v) is 5.40. The average molecular weight is 374 g/mol. The van der Waals surface area contributed by atoms with E-state index in [9.17, 15) is 5.11 Å². The Morgan fingerprint density at radius 1 is 0.750 bits per heavy atom. The summed E-state index contributed by atoms with van der Waals surface area (Å²) in [5.41, 5.74) is 8.39. The maximum Gasteiger partial charge on any atom is 0.0790 e. The van der Waals surface area contributed by atoms with Crippen LogP contribution in [0.4, 0.5) is 11.4 Å². The first-order valence-corrected chi connectivity index (χ1v) is 10.2. The predicted octanol–water partition coefficient (Wildman–Crippen LogP) is 6.80. The van der Waals surface area contributed by atoms with Crippen molar-refractivity contribution in [2.45, 2.75) is 52.6 Å². The van der Waals surface area contributed by atoms with Crippen LogP contribution in [-0.4, -0.2) is 5.11 Å². The Balaban J connectivity index is 1.43. The molecule has 2 heteroatoms. The van der Waals surface area contributed by atoms with Crippen molar-refractivity contribution in [2.24, 2.45) is 0 Å². The lowest BCUT2D eigenvalue weighted by molar-refractivity contribution is 0.163. The normalized spacial score (nSPS) is 12.0. The molecular formula is C26H31NO. The Bertz CT molecular complexity index is 881. The van der Waals surface area contributed by atoms with E-state index in [1.54, 1.807) is 0 Å². The fraction of sp³-hybridized carbons (Fsp3) is 0.308. The van der Waals surface area contributed by atoms with E-state index >= 15 is 0 Å². The zero-order valence-corrected chi connectivity index (χ0v) is 17.2. The Labute approximate surface area is 169 Å². The van der Waals surface area contributed by atoms with Gasteiger partial charge in [0.25, 0.3) is 0 Å². The van der Waals surface area contributed by atoms with Gasteiger partial charge >= 0.3 is 0 Å². The van der Waals surface area contributed by atoms with Crippen molar-refractivity contribution in [1.82, 2.24) is 0 Å². The molecule has 0 saturated carbocycles. The lowest BCUT2D eigenvalue weighted by atomic mass is 9.98. The lowest BCUT2D eigenvalue weighted by Crippen LogP contribution is -1.99. The molecule has 28 heavy (non-hydrogen) atoms. The van der Waals surface area contributed by atoms with Gasteiger partial charge in [0.1, 0.15) is 0 Å². The summed E-state index contributed by atoms with van der Waals surface area (Å²) < 4.78 is 0. The third kappa shape index (κ3) is 5.71.